The minimum Gasteiger partial charge on any atom is -0.145 e. The molecule has 0 aromatic heterocycles. The third-order valence-electron chi connectivity index (χ3n) is 4.32. The third kappa shape index (κ3) is 2.84. The molecule has 3 aromatic rings. The van der Waals surface area contributed by atoms with Gasteiger partial charge in [0.05, 0.1) is 0 Å². The molecular formula is C21H23PS. The zero-order valence-corrected chi connectivity index (χ0v) is 15.9. The molecule has 0 saturated carbocycles. The topological polar surface area (TPSA) is 0 Å². The van der Waals surface area contributed by atoms with E-state index in [0.717, 1.165) is 0 Å². The van der Waals surface area contributed by atoms with Crippen molar-refractivity contribution in [3.63, 3.8) is 0 Å². The van der Waals surface area contributed by atoms with Gasteiger partial charge in [0.15, 0.2) is 0 Å². The minimum atomic E-state index is -1.35. The molecule has 0 heterocycles. The highest BCUT2D eigenvalue weighted by Gasteiger charge is 2.29. The summed E-state index contributed by atoms with van der Waals surface area (Å²) in [6.07, 6.45) is 0. The molecular weight excluding hydrogens is 315 g/mol. The van der Waals surface area contributed by atoms with Crippen molar-refractivity contribution in [2.45, 2.75) is 35.5 Å². The summed E-state index contributed by atoms with van der Waals surface area (Å²) in [5.41, 5.74) is 4.05. The fourth-order valence-corrected chi connectivity index (χ4v) is 8.81. The summed E-state index contributed by atoms with van der Waals surface area (Å²) in [6.45, 7) is 6.66. The fraction of sp³-hybridized carbons (Fsp3) is 0.143. The number of rotatable bonds is 3. The zero-order valence-electron chi connectivity index (χ0n) is 13.9. The average molecular weight is 338 g/mol. The van der Waals surface area contributed by atoms with Crippen LogP contribution in [0, 0.1) is 20.8 Å². The minimum absolute atomic E-state index is 1.35. The van der Waals surface area contributed by atoms with Crippen LogP contribution in [0.25, 0.3) is 0 Å². The first-order valence-electron chi connectivity index (χ1n) is 7.83. The van der Waals surface area contributed by atoms with Gasteiger partial charge in [-0.15, -0.1) is 9.65 Å². The Balaban J connectivity index is 2.38. The van der Waals surface area contributed by atoms with E-state index in [1.54, 1.807) is 0 Å². The van der Waals surface area contributed by atoms with Gasteiger partial charge in [-0.1, -0.05) is 63.0 Å². The second-order valence-electron chi connectivity index (χ2n) is 5.96. The summed E-state index contributed by atoms with van der Waals surface area (Å²) in [4.78, 5) is 4.27. The van der Waals surface area contributed by atoms with Crippen molar-refractivity contribution < 1.29 is 0 Å². The molecule has 0 N–H and O–H groups in total. The van der Waals surface area contributed by atoms with Gasteiger partial charge < -0.3 is 0 Å². The van der Waals surface area contributed by atoms with Gasteiger partial charge in [-0.25, -0.2) is 0 Å². The van der Waals surface area contributed by atoms with Gasteiger partial charge in [-0.3, -0.25) is 0 Å². The lowest BCUT2D eigenvalue weighted by molar-refractivity contribution is 1.20. The van der Waals surface area contributed by atoms with Gasteiger partial charge in [-0.2, -0.15) is 0 Å². The molecule has 0 radical (unpaired) electrons. The van der Waals surface area contributed by atoms with Crippen LogP contribution < -0.4 is 0 Å². The van der Waals surface area contributed by atoms with E-state index in [0.29, 0.717) is 0 Å². The van der Waals surface area contributed by atoms with Crippen molar-refractivity contribution in [2.24, 2.45) is 0 Å². The number of hydrogen-bond donors (Lipinski definition) is 0. The van der Waals surface area contributed by atoms with E-state index in [2.05, 4.69) is 102 Å². The summed E-state index contributed by atoms with van der Waals surface area (Å²) >= 11 is 0. The van der Waals surface area contributed by atoms with E-state index in [4.69, 9.17) is 0 Å². The molecule has 2 heteroatoms. The van der Waals surface area contributed by atoms with Gasteiger partial charge >= 0.3 is 0 Å². The van der Waals surface area contributed by atoms with Gasteiger partial charge in [0.1, 0.15) is 0 Å². The van der Waals surface area contributed by atoms with E-state index in [1.165, 1.54) is 31.4 Å². The Labute approximate surface area is 143 Å². The molecule has 0 spiro atoms. The van der Waals surface area contributed by atoms with Crippen molar-refractivity contribution >= 4 is 18.1 Å². The van der Waals surface area contributed by atoms with Crippen LogP contribution in [0.1, 0.15) is 16.7 Å². The van der Waals surface area contributed by atoms with Crippen molar-refractivity contribution in [1.29, 1.82) is 0 Å². The molecule has 118 valence electrons. The lowest BCUT2D eigenvalue weighted by Crippen LogP contribution is -2.02. The number of hydrogen-bond acceptors (Lipinski definition) is 0. The Morgan fingerprint density at radius 1 is 0.522 bits per heavy atom. The third-order valence-corrected chi connectivity index (χ3v) is 10.1. The second-order valence-corrected chi connectivity index (χ2v) is 10.7. The maximum Gasteiger partial charge on any atom is 0.00426 e. The normalized spacial score (nSPS) is 12.2. The predicted octanol–water partition coefficient (Wildman–Crippen LogP) is 6.68. The summed E-state index contributed by atoms with van der Waals surface area (Å²) in [7, 11) is 1.89. The Morgan fingerprint density at radius 3 is 1.04 bits per heavy atom. The molecule has 23 heavy (non-hydrogen) atoms. The van der Waals surface area contributed by atoms with Crippen LogP contribution in [-0.4, -0.2) is 0 Å². The van der Waals surface area contributed by atoms with Gasteiger partial charge in [0.25, 0.3) is 0 Å². The first-order valence-corrected chi connectivity index (χ1v) is 10.9. The second kappa shape index (κ2) is 6.51. The lowest BCUT2D eigenvalue weighted by atomic mass is 10.2. The SMILES string of the molecule is Cc1ccccc1S(P)(c1ccccc1C)c1ccccc1C. The molecule has 0 fully saturated rings. The smallest absolute Gasteiger partial charge is 0.00426 e. The molecule has 0 nitrogen and oxygen atoms in total. The molecule has 3 rings (SSSR count). The molecule has 0 aliphatic heterocycles. The molecule has 3 aromatic carbocycles. The Morgan fingerprint density at radius 2 is 0.783 bits per heavy atom. The average Bonchev–Trinajstić information content (AvgIpc) is 2.55. The monoisotopic (exact) mass is 338 g/mol. The van der Waals surface area contributed by atoms with Crippen LogP contribution in [0.15, 0.2) is 87.5 Å². The van der Waals surface area contributed by atoms with E-state index in [1.807, 2.05) is 0 Å². The van der Waals surface area contributed by atoms with Crippen molar-refractivity contribution in [2.75, 3.05) is 0 Å². The molecule has 0 aliphatic carbocycles. The largest absolute Gasteiger partial charge is 0.145 e. The molecule has 1 atom stereocenters. The lowest BCUT2D eigenvalue weighted by Gasteiger charge is -2.40. The molecule has 0 bridgehead atoms. The number of benzene rings is 3. The van der Waals surface area contributed by atoms with Crippen LogP contribution in [0.4, 0.5) is 0 Å². The first-order chi connectivity index (χ1) is 11.0. The quantitative estimate of drug-likeness (QED) is 0.467. The van der Waals surface area contributed by atoms with Gasteiger partial charge in [0, 0.05) is 14.7 Å². The zero-order chi connectivity index (χ0) is 16.4. The maximum atomic E-state index is 3.24. The molecule has 0 amide bonds. The standard InChI is InChI=1S/C21H23PS/c1-16-10-4-7-13-19(16)23(22,20-14-8-5-11-17(20)2)21-15-9-6-12-18(21)3/h4-15H,22H2,1-3H3. The highest BCUT2D eigenvalue weighted by molar-refractivity contribution is 8.68. The first kappa shape index (κ1) is 16.3. The van der Waals surface area contributed by atoms with Crippen LogP contribution in [0.5, 0.6) is 0 Å². The van der Waals surface area contributed by atoms with Gasteiger partial charge in [-0.05, 0) is 55.7 Å². The van der Waals surface area contributed by atoms with Crippen molar-refractivity contribution in [1.82, 2.24) is 0 Å². The van der Waals surface area contributed by atoms with Gasteiger partial charge in [0.2, 0.25) is 0 Å². The van der Waals surface area contributed by atoms with E-state index in [9.17, 15) is 0 Å². The van der Waals surface area contributed by atoms with Crippen LogP contribution >= 0.6 is 18.1 Å². The highest BCUT2D eigenvalue weighted by Crippen LogP contribution is 2.75. The Kier molecular flexibility index (Phi) is 4.62. The van der Waals surface area contributed by atoms with Crippen molar-refractivity contribution in [3.8, 4) is 0 Å². The molecule has 0 saturated heterocycles. The van der Waals surface area contributed by atoms with Crippen LogP contribution in [0.3, 0.4) is 0 Å². The summed E-state index contributed by atoms with van der Waals surface area (Å²) in [5.74, 6) is 0. The van der Waals surface area contributed by atoms with Crippen molar-refractivity contribution in [3.05, 3.63) is 89.5 Å². The Bertz CT molecular complexity index is 728. The van der Waals surface area contributed by atoms with Crippen LogP contribution in [0.2, 0.25) is 0 Å². The molecule has 0 aliphatic rings. The van der Waals surface area contributed by atoms with E-state index >= 15 is 0 Å². The summed E-state index contributed by atoms with van der Waals surface area (Å²) < 4.78 is 0. The molecule has 1 unspecified atom stereocenters. The van der Waals surface area contributed by atoms with Crippen LogP contribution in [-0.2, 0) is 0 Å². The fourth-order valence-electron chi connectivity index (χ4n) is 3.11. The number of aryl methyl sites for hydroxylation is 3. The Hall–Kier alpha value is -1.56. The summed E-state index contributed by atoms with van der Waals surface area (Å²) in [5, 5.41) is 0. The maximum absolute atomic E-state index is 3.24. The summed E-state index contributed by atoms with van der Waals surface area (Å²) in [6, 6.07) is 26.4. The van der Waals surface area contributed by atoms with E-state index < -0.39 is 9.65 Å². The predicted molar refractivity (Wildman–Crippen MR) is 106 cm³/mol. The van der Waals surface area contributed by atoms with E-state index in [-0.39, 0.29) is 0 Å². The highest BCUT2D eigenvalue weighted by atomic mass is 32.8.